The number of likely N-dealkylation sites (tertiary alicyclic amines) is 1. The number of amides is 3. The Morgan fingerprint density at radius 3 is 2.70 bits per heavy atom. The summed E-state index contributed by atoms with van der Waals surface area (Å²) in [5.41, 5.74) is 7.64. The summed E-state index contributed by atoms with van der Waals surface area (Å²) in [6.07, 6.45) is 4.37. The number of hydrazine groups is 1. The minimum absolute atomic E-state index is 0.0131. The van der Waals surface area contributed by atoms with Crippen molar-refractivity contribution < 1.29 is 23.9 Å². The molecule has 43 heavy (non-hydrogen) atoms. The van der Waals surface area contributed by atoms with E-state index in [-0.39, 0.29) is 30.4 Å². The van der Waals surface area contributed by atoms with Crippen molar-refractivity contribution in [3.05, 3.63) is 44.6 Å². The fourth-order valence-corrected chi connectivity index (χ4v) is 7.62. The van der Waals surface area contributed by atoms with Crippen molar-refractivity contribution in [1.29, 1.82) is 0 Å². The standard InChI is InChI=1S/C30H39ClN6O6/c1-29(28(40)34-41)8-3-2-4-19(29)27(39)35-11-7-18-20(31)5-6-23(43-15-21(32)22-16-42-13-12-37(22)33)25(18)26(35)36-17-30(9-10-30)14-24(36)38/h5-6,19,26H,2-4,7-17,32-33H2,1H3/b22-21-/t19?,26?,29-/m0/s1. The highest BCUT2D eigenvalue weighted by molar-refractivity contribution is 6.31. The number of rotatable bonds is 6. The van der Waals surface area contributed by atoms with E-state index in [4.69, 9.17) is 32.7 Å². The number of nitrogens with two attached hydrogens (primary N) is 2. The van der Waals surface area contributed by atoms with Gasteiger partial charge in [0.2, 0.25) is 11.8 Å². The second-order valence-electron chi connectivity index (χ2n) is 12.9. The number of morpholine rings is 1. The maximum Gasteiger partial charge on any atom is 0.292 e. The third-order valence-corrected chi connectivity index (χ3v) is 10.6. The third kappa shape index (κ3) is 5.27. The maximum absolute atomic E-state index is 14.5. The van der Waals surface area contributed by atoms with E-state index in [1.807, 2.05) is 0 Å². The Balaban J connectivity index is 1.39. The highest BCUT2D eigenvalue weighted by Crippen LogP contribution is 2.56. The van der Waals surface area contributed by atoms with Crippen molar-refractivity contribution in [2.45, 2.75) is 64.5 Å². The van der Waals surface area contributed by atoms with E-state index in [2.05, 4.69) is 5.18 Å². The molecule has 13 heteroatoms. The summed E-state index contributed by atoms with van der Waals surface area (Å²) in [6, 6.07) is 3.50. The molecule has 3 amide bonds. The SMILES string of the molecule is C[C@]1(C(=O)N=O)CCCCC1C(=O)N1CCc2c(Cl)ccc(OC/C(N)=C3\COCCN3N)c2C1N1CC2(CC2)CC1=O. The Labute approximate surface area is 255 Å². The third-order valence-electron chi connectivity index (χ3n) is 10.2. The van der Waals surface area contributed by atoms with E-state index in [9.17, 15) is 19.3 Å². The fraction of sp³-hybridized carbons (Fsp3) is 0.633. The predicted molar refractivity (Wildman–Crippen MR) is 157 cm³/mol. The molecule has 4 N–H and O–H groups in total. The van der Waals surface area contributed by atoms with Gasteiger partial charge in [-0.2, -0.15) is 0 Å². The summed E-state index contributed by atoms with van der Waals surface area (Å²) in [4.78, 5) is 55.8. The van der Waals surface area contributed by atoms with Crippen LogP contribution in [0.1, 0.15) is 69.2 Å². The molecular weight excluding hydrogens is 576 g/mol. The van der Waals surface area contributed by atoms with Crippen molar-refractivity contribution in [3.8, 4) is 5.75 Å². The summed E-state index contributed by atoms with van der Waals surface area (Å²) < 4.78 is 11.8. The molecule has 1 aromatic carbocycles. The molecule has 1 spiro atoms. The molecule has 2 saturated heterocycles. The number of ether oxygens (including phenoxy) is 2. The van der Waals surface area contributed by atoms with Gasteiger partial charge in [0.1, 0.15) is 18.5 Å². The molecule has 4 fully saturated rings. The Morgan fingerprint density at radius 2 is 2.00 bits per heavy atom. The summed E-state index contributed by atoms with van der Waals surface area (Å²) in [6.45, 7) is 3.79. The van der Waals surface area contributed by atoms with Crippen molar-refractivity contribution in [2.24, 2.45) is 33.5 Å². The van der Waals surface area contributed by atoms with Crippen LogP contribution in [0.2, 0.25) is 5.02 Å². The average molecular weight is 615 g/mol. The van der Waals surface area contributed by atoms with Crippen LogP contribution in [0.3, 0.4) is 0 Å². The Bertz CT molecular complexity index is 1380. The molecule has 5 aliphatic rings. The lowest BCUT2D eigenvalue weighted by atomic mass is 9.66. The van der Waals surface area contributed by atoms with Crippen LogP contribution < -0.4 is 16.3 Å². The van der Waals surface area contributed by atoms with E-state index in [0.717, 1.165) is 31.2 Å². The van der Waals surface area contributed by atoms with Gasteiger partial charge in [0, 0.05) is 35.3 Å². The number of nitrogens with zero attached hydrogens (tertiary/aromatic N) is 4. The van der Waals surface area contributed by atoms with Crippen LogP contribution in [-0.4, -0.2) is 72.0 Å². The molecule has 0 bridgehead atoms. The lowest BCUT2D eigenvalue weighted by Crippen LogP contribution is -2.54. The van der Waals surface area contributed by atoms with E-state index >= 15 is 0 Å². The molecule has 3 aliphatic heterocycles. The van der Waals surface area contributed by atoms with Crippen LogP contribution in [0, 0.1) is 21.7 Å². The number of hydrogen-bond donors (Lipinski definition) is 2. The van der Waals surface area contributed by atoms with Crippen molar-refractivity contribution in [3.63, 3.8) is 0 Å². The zero-order chi connectivity index (χ0) is 30.5. The second kappa shape index (κ2) is 11.4. The van der Waals surface area contributed by atoms with Crippen LogP contribution in [0.5, 0.6) is 5.75 Å². The Hall–Kier alpha value is -3.22. The number of nitroso groups, excluding NO2 is 1. The first-order chi connectivity index (χ1) is 20.6. The summed E-state index contributed by atoms with van der Waals surface area (Å²) in [5, 5.41) is 4.82. The van der Waals surface area contributed by atoms with Gasteiger partial charge < -0.3 is 30.0 Å². The zero-order valence-electron chi connectivity index (χ0n) is 24.5. The minimum Gasteiger partial charge on any atom is -0.487 e. The maximum atomic E-state index is 14.5. The second-order valence-corrected chi connectivity index (χ2v) is 13.3. The average Bonchev–Trinajstić information content (AvgIpc) is 3.68. The number of hydrogen-bond acceptors (Lipinski definition) is 9. The molecule has 0 radical (unpaired) electrons. The molecule has 1 aromatic rings. The number of fused-ring (bicyclic) bond motifs is 1. The molecule has 3 heterocycles. The highest BCUT2D eigenvalue weighted by atomic mass is 35.5. The smallest absolute Gasteiger partial charge is 0.292 e. The molecule has 0 aromatic heterocycles. The largest absolute Gasteiger partial charge is 0.487 e. The van der Waals surface area contributed by atoms with Crippen LogP contribution in [0.25, 0.3) is 0 Å². The quantitative estimate of drug-likeness (QED) is 0.362. The van der Waals surface area contributed by atoms with Crippen molar-refractivity contribution in [1.82, 2.24) is 14.8 Å². The topological polar surface area (TPSA) is 161 Å². The summed E-state index contributed by atoms with van der Waals surface area (Å²) in [7, 11) is 0. The Morgan fingerprint density at radius 1 is 1.21 bits per heavy atom. The predicted octanol–water partition coefficient (Wildman–Crippen LogP) is 2.98. The van der Waals surface area contributed by atoms with Crippen LogP contribution in [0.4, 0.5) is 0 Å². The molecule has 12 nitrogen and oxygen atoms in total. The summed E-state index contributed by atoms with van der Waals surface area (Å²) in [5.74, 6) is 4.76. The first-order valence-electron chi connectivity index (χ1n) is 15.1. The minimum atomic E-state index is -1.20. The van der Waals surface area contributed by atoms with Gasteiger partial charge in [0.25, 0.3) is 5.91 Å². The number of carbonyl (C=O) groups is 3. The molecule has 232 valence electrons. The zero-order valence-corrected chi connectivity index (χ0v) is 25.2. The van der Waals surface area contributed by atoms with Crippen LogP contribution >= 0.6 is 11.6 Å². The lowest BCUT2D eigenvalue weighted by molar-refractivity contribution is -0.157. The van der Waals surface area contributed by atoms with E-state index in [0.29, 0.717) is 79.7 Å². The number of carbonyl (C=O) groups excluding carboxylic acids is 3. The number of halogens is 1. The lowest BCUT2D eigenvalue weighted by Gasteiger charge is -2.47. The summed E-state index contributed by atoms with van der Waals surface area (Å²) >= 11 is 6.75. The van der Waals surface area contributed by atoms with Gasteiger partial charge in [-0.25, -0.2) is 5.84 Å². The van der Waals surface area contributed by atoms with E-state index in [1.54, 1.807) is 33.9 Å². The number of benzene rings is 1. The first kappa shape index (κ1) is 29.8. The normalized spacial score (nSPS) is 29.4. The van der Waals surface area contributed by atoms with Gasteiger partial charge in [0.15, 0.2) is 0 Å². The monoisotopic (exact) mass is 614 g/mol. The van der Waals surface area contributed by atoms with E-state index in [1.165, 1.54) is 0 Å². The molecule has 2 unspecified atom stereocenters. The van der Waals surface area contributed by atoms with Gasteiger partial charge in [0.05, 0.1) is 42.5 Å². The fourth-order valence-electron chi connectivity index (χ4n) is 7.36. The first-order valence-corrected chi connectivity index (χ1v) is 15.5. The van der Waals surface area contributed by atoms with Gasteiger partial charge in [-0.05, 0) is 62.1 Å². The molecule has 6 rings (SSSR count). The molecule has 2 saturated carbocycles. The molecule has 2 aliphatic carbocycles. The van der Waals surface area contributed by atoms with Gasteiger partial charge in [-0.15, -0.1) is 4.91 Å². The van der Waals surface area contributed by atoms with Crippen LogP contribution in [-0.2, 0) is 25.5 Å². The van der Waals surface area contributed by atoms with Crippen molar-refractivity contribution >= 4 is 29.3 Å². The Kier molecular flexibility index (Phi) is 7.89. The van der Waals surface area contributed by atoms with Gasteiger partial charge in [-0.3, -0.25) is 14.4 Å². The molecular formula is C30H39ClN6O6. The van der Waals surface area contributed by atoms with Gasteiger partial charge in [-0.1, -0.05) is 24.4 Å². The van der Waals surface area contributed by atoms with Crippen molar-refractivity contribution in [2.75, 3.05) is 39.5 Å². The molecule has 3 atom stereocenters. The van der Waals surface area contributed by atoms with Crippen LogP contribution in [0.15, 0.2) is 28.7 Å². The highest BCUT2D eigenvalue weighted by Gasteiger charge is 2.57. The van der Waals surface area contributed by atoms with Gasteiger partial charge >= 0.3 is 0 Å². The van der Waals surface area contributed by atoms with E-state index < -0.39 is 23.4 Å².